The van der Waals surface area contributed by atoms with Crippen molar-refractivity contribution in [2.24, 2.45) is 0 Å². The summed E-state index contributed by atoms with van der Waals surface area (Å²) in [6.07, 6.45) is 1.37. The van der Waals surface area contributed by atoms with Crippen molar-refractivity contribution in [1.82, 2.24) is 20.6 Å². The maximum absolute atomic E-state index is 14.3. The third-order valence-corrected chi connectivity index (χ3v) is 4.99. The molecule has 31 heavy (non-hydrogen) atoms. The number of ether oxygens (including phenoxy) is 2. The number of nitrogens with zero attached hydrogens (tertiary/aromatic N) is 2. The summed E-state index contributed by atoms with van der Waals surface area (Å²) >= 11 is 5.88. The Kier molecular flexibility index (Phi) is 7.56. The lowest BCUT2D eigenvalue weighted by Crippen LogP contribution is -2.45. The molecular formula is C21H23ClFN5O3. The number of fused-ring (bicyclic) bond motifs is 1. The van der Waals surface area contributed by atoms with Crippen LogP contribution in [0.4, 0.5) is 15.9 Å². The van der Waals surface area contributed by atoms with E-state index in [4.69, 9.17) is 21.1 Å². The van der Waals surface area contributed by atoms with Crippen LogP contribution in [0.2, 0.25) is 5.02 Å². The molecule has 0 spiro atoms. The zero-order chi connectivity index (χ0) is 22.4. The van der Waals surface area contributed by atoms with E-state index in [1.54, 1.807) is 31.3 Å². The average Bonchev–Trinajstić information content (AvgIpc) is 2.78. The van der Waals surface area contributed by atoms with Gasteiger partial charge in [-0.2, -0.15) is 0 Å². The molecule has 3 N–H and O–H groups in total. The van der Waals surface area contributed by atoms with Crippen molar-refractivity contribution in [3.63, 3.8) is 0 Å². The molecule has 1 aromatic heterocycles. The zero-order valence-corrected chi connectivity index (χ0v) is 18.1. The second kappa shape index (κ2) is 10.3. The highest BCUT2D eigenvalue weighted by atomic mass is 35.5. The summed E-state index contributed by atoms with van der Waals surface area (Å²) in [5.74, 6) is 0.163. The lowest BCUT2D eigenvalue weighted by Gasteiger charge is -2.17. The molecule has 10 heteroatoms. The Morgan fingerprint density at radius 3 is 2.77 bits per heavy atom. The summed E-state index contributed by atoms with van der Waals surface area (Å²) in [6, 6.07) is 7.72. The van der Waals surface area contributed by atoms with Gasteiger partial charge in [0.25, 0.3) is 0 Å². The van der Waals surface area contributed by atoms with Crippen LogP contribution in [0, 0.1) is 5.82 Å². The highest BCUT2D eigenvalue weighted by Crippen LogP contribution is 2.31. The maximum atomic E-state index is 14.3. The summed E-state index contributed by atoms with van der Waals surface area (Å²) in [7, 11) is 4.75. The molecule has 0 fully saturated rings. The zero-order valence-electron chi connectivity index (χ0n) is 17.3. The fraction of sp³-hybridized carbons (Fsp3) is 0.286. The van der Waals surface area contributed by atoms with Gasteiger partial charge >= 0.3 is 0 Å². The molecule has 3 rings (SSSR count). The summed E-state index contributed by atoms with van der Waals surface area (Å²) < 4.78 is 24.9. The van der Waals surface area contributed by atoms with Gasteiger partial charge in [0.15, 0.2) is 5.82 Å². The average molecular weight is 448 g/mol. The number of aromatic nitrogens is 2. The number of rotatable bonds is 9. The quantitative estimate of drug-likeness (QED) is 0.464. The molecular weight excluding hydrogens is 425 g/mol. The Balaban J connectivity index is 1.92. The standard InChI is InChI=1S/C21H23ClFN5O3/c1-24-17(10-30-2)21(29)25-9-12-7-13-16(8-18(12)31-3)26-11-27-20(13)28-15-6-4-5-14(22)19(15)23/h4-8,11,17,24H,9-10H2,1-3H3,(H,25,29)(H,26,27,28)/t17-/m1/s1. The Morgan fingerprint density at radius 1 is 1.26 bits per heavy atom. The van der Waals surface area contributed by atoms with E-state index in [1.165, 1.54) is 26.6 Å². The number of carbonyl (C=O) groups is 1. The Hall–Kier alpha value is -3.01. The molecule has 0 bridgehead atoms. The third-order valence-electron chi connectivity index (χ3n) is 4.69. The van der Waals surface area contributed by atoms with E-state index in [-0.39, 0.29) is 29.8 Å². The SMILES string of the molecule is CN[C@H](COC)C(=O)NCc1cc2c(Nc3cccc(Cl)c3F)ncnc2cc1OC. The predicted octanol–water partition coefficient (Wildman–Crippen LogP) is 3.03. The van der Waals surface area contributed by atoms with Gasteiger partial charge in [0.05, 0.1) is 29.9 Å². The predicted molar refractivity (Wildman–Crippen MR) is 117 cm³/mol. The third kappa shape index (κ3) is 5.19. The molecule has 0 aliphatic rings. The molecule has 8 nitrogen and oxygen atoms in total. The molecule has 164 valence electrons. The van der Waals surface area contributed by atoms with Crippen molar-refractivity contribution < 1.29 is 18.7 Å². The minimum atomic E-state index is -0.576. The molecule has 0 aliphatic heterocycles. The van der Waals surface area contributed by atoms with Crippen LogP contribution >= 0.6 is 11.6 Å². The molecule has 0 aliphatic carbocycles. The van der Waals surface area contributed by atoms with Crippen LogP contribution in [0.1, 0.15) is 5.56 Å². The summed E-state index contributed by atoms with van der Waals surface area (Å²) in [4.78, 5) is 20.9. The van der Waals surface area contributed by atoms with Gasteiger partial charge < -0.3 is 25.4 Å². The van der Waals surface area contributed by atoms with Crippen molar-refractivity contribution >= 4 is 39.9 Å². The van der Waals surface area contributed by atoms with Crippen molar-refractivity contribution in [3.05, 3.63) is 53.1 Å². The molecule has 1 amide bonds. The van der Waals surface area contributed by atoms with Gasteiger partial charge in [-0.25, -0.2) is 14.4 Å². The summed E-state index contributed by atoms with van der Waals surface area (Å²) in [6.45, 7) is 0.448. The van der Waals surface area contributed by atoms with Crippen LogP contribution < -0.4 is 20.7 Å². The summed E-state index contributed by atoms with van der Waals surface area (Å²) in [5.41, 5.74) is 1.49. The number of methoxy groups -OCH3 is 2. The van der Waals surface area contributed by atoms with Crippen LogP contribution in [0.25, 0.3) is 10.9 Å². The smallest absolute Gasteiger partial charge is 0.239 e. The van der Waals surface area contributed by atoms with Crippen molar-refractivity contribution in [1.29, 1.82) is 0 Å². The van der Waals surface area contributed by atoms with Gasteiger partial charge in [-0.15, -0.1) is 0 Å². The number of nitrogens with one attached hydrogen (secondary N) is 3. The van der Waals surface area contributed by atoms with Crippen LogP contribution in [0.15, 0.2) is 36.7 Å². The van der Waals surface area contributed by atoms with E-state index in [0.29, 0.717) is 28.0 Å². The molecule has 1 heterocycles. The van der Waals surface area contributed by atoms with E-state index in [2.05, 4.69) is 25.9 Å². The van der Waals surface area contributed by atoms with Gasteiger partial charge in [0.1, 0.15) is 23.9 Å². The molecule has 0 radical (unpaired) electrons. The maximum Gasteiger partial charge on any atom is 0.239 e. The van der Waals surface area contributed by atoms with E-state index < -0.39 is 11.9 Å². The fourth-order valence-electron chi connectivity index (χ4n) is 3.05. The van der Waals surface area contributed by atoms with Gasteiger partial charge in [-0.05, 0) is 25.2 Å². The minimum Gasteiger partial charge on any atom is -0.496 e. The number of amides is 1. The van der Waals surface area contributed by atoms with E-state index in [1.807, 2.05) is 0 Å². The highest BCUT2D eigenvalue weighted by Gasteiger charge is 2.17. The number of anilines is 2. The first kappa shape index (κ1) is 22.7. The van der Waals surface area contributed by atoms with Gasteiger partial charge in [-0.1, -0.05) is 17.7 Å². The molecule has 3 aromatic rings. The Morgan fingerprint density at radius 2 is 2.06 bits per heavy atom. The molecule has 0 saturated heterocycles. The number of carbonyl (C=O) groups excluding carboxylic acids is 1. The van der Waals surface area contributed by atoms with E-state index in [9.17, 15) is 9.18 Å². The largest absolute Gasteiger partial charge is 0.496 e. The first-order chi connectivity index (χ1) is 15.0. The number of benzene rings is 2. The number of likely N-dealkylation sites (N-methyl/N-ethyl adjacent to an activating group) is 1. The van der Waals surface area contributed by atoms with Gasteiger partial charge in [0, 0.05) is 30.7 Å². The molecule has 2 aromatic carbocycles. The topological polar surface area (TPSA) is 97.4 Å². The van der Waals surface area contributed by atoms with Gasteiger partial charge in [-0.3, -0.25) is 4.79 Å². The first-order valence-corrected chi connectivity index (χ1v) is 9.82. The van der Waals surface area contributed by atoms with Crippen LogP contribution in [0.3, 0.4) is 0 Å². The second-order valence-electron chi connectivity index (χ2n) is 6.64. The Bertz CT molecular complexity index is 1080. The van der Waals surface area contributed by atoms with Crippen molar-refractivity contribution in [3.8, 4) is 5.75 Å². The van der Waals surface area contributed by atoms with E-state index in [0.717, 1.165) is 0 Å². The molecule has 1 atom stereocenters. The van der Waals surface area contributed by atoms with E-state index >= 15 is 0 Å². The normalized spacial score (nSPS) is 11.9. The Labute approximate surface area is 184 Å². The number of hydrogen-bond donors (Lipinski definition) is 3. The first-order valence-electron chi connectivity index (χ1n) is 9.45. The molecule has 0 saturated carbocycles. The second-order valence-corrected chi connectivity index (χ2v) is 7.05. The van der Waals surface area contributed by atoms with Crippen molar-refractivity contribution in [2.45, 2.75) is 12.6 Å². The number of hydrogen-bond acceptors (Lipinski definition) is 7. The fourth-order valence-corrected chi connectivity index (χ4v) is 3.22. The number of halogens is 2. The summed E-state index contributed by atoms with van der Waals surface area (Å²) in [5, 5.41) is 9.36. The van der Waals surface area contributed by atoms with Crippen LogP contribution in [0.5, 0.6) is 5.75 Å². The van der Waals surface area contributed by atoms with Crippen LogP contribution in [-0.4, -0.2) is 49.8 Å². The lowest BCUT2D eigenvalue weighted by molar-refractivity contribution is -0.124. The lowest BCUT2D eigenvalue weighted by atomic mass is 10.1. The highest BCUT2D eigenvalue weighted by molar-refractivity contribution is 6.31. The molecule has 0 unspecified atom stereocenters. The monoisotopic (exact) mass is 447 g/mol. The minimum absolute atomic E-state index is 0.00331. The van der Waals surface area contributed by atoms with Crippen molar-refractivity contribution in [2.75, 3.05) is 33.2 Å². The van der Waals surface area contributed by atoms with Gasteiger partial charge in [0.2, 0.25) is 5.91 Å². The van der Waals surface area contributed by atoms with Crippen LogP contribution in [-0.2, 0) is 16.1 Å².